The van der Waals surface area contributed by atoms with Crippen LogP contribution in [0.2, 0.25) is 0 Å². The van der Waals surface area contributed by atoms with Crippen molar-refractivity contribution in [1.29, 1.82) is 0 Å². The van der Waals surface area contributed by atoms with Crippen LogP contribution < -0.4 is 9.30 Å². The van der Waals surface area contributed by atoms with Crippen LogP contribution in [-0.4, -0.2) is 14.1 Å². The maximum Gasteiger partial charge on any atom is 0.269 e. The maximum atomic E-state index is 9.39. The van der Waals surface area contributed by atoms with Crippen LogP contribution >= 0.6 is 0 Å². The Morgan fingerprint density at radius 3 is 2.03 bits per heavy atom. The van der Waals surface area contributed by atoms with Gasteiger partial charge in [0.2, 0.25) is 0 Å². The number of nitrogens with zero attached hydrogens (tertiary/aromatic N) is 4. The topological polar surface area (TPSA) is 35.9 Å². The monoisotopic (exact) mass is 913 g/mol. The largest absolute Gasteiger partial charge is 0.458 e. The molecule has 11 aromatic rings. The highest BCUT2D eigenvalue weighted by Crippen LogP contribution is 2.41. The predicted octanol–water partition coefficient (Wildman–Crippen LogP) is 16.2. The molecule has 0 fully saturated rings. The van der Waals surface area contributed by atoms with Gasteiger partial charge in [-0.3, -0.25) is 13.7 Å². The minimum absolute atomic E-state index is 0.0212. The summed E-state index contributed by atoms with van der Waals surface area (Å²) < 4.78 is 153. The molecule has 0 radical (unpaired) electrons. The zero-order chi connectivity index (χ0) is 61.3. The highest BCUT2D eigenvalue weighted by Gasteiger charge is 2.27. The van der Waals surface area contributed by atoms with Gasteiger partial charge < -0.3 is 4.74 Å². The number of aromatic nitrogens is 4. The van der Waals surface area contributed by atoms with Gasteiger partial charge in [-0.25, -0.2) is 4.98 Å². The molecule has 0 aliphatic heterocycles. The molecule has 0 unspecified atom stereocenters. The standard InChI is InChI=1S/C64H56N4O/c1-42-19-17-20-43(2)61(42)46-29-32-57-59(37-46)66(41-67(57)62-54(45-23-13-10-14-24-45)35-47(36-55(62)64(6,7)8)44-21-11-9-12-22-44)49-25-18-26-50(39-49)69-51-30-31-53-52-27-15-16-28-56(52)68(58(53)40-51)60-38-48(33-34-65-60)63(3,4)5/h9-40H,1-8H3/i1D3,2D3,9D,10D,11D,12D,13D,14D,21D,22D,23D,24D. The van der Waals surface area contributed by atoms with Gasteiger partial charge in [0.25, 0.3) is 6.33 Å². The third kappa shape index (κ3) is 7.98. The molecule has 3 aromatic heterocycles. The highest BCUT2D eigenvalue weighted by atomic mass is 16.5. The Balaban J connectivity index is 1.19. The van der Waals surface area contributed by atoms with Crippen LogP contribution in [0.1, 0.15) is 85.7 Å². The Labute approximate surface area is 428 Å². The second kappa shape index (κ2) is 16.9. The molecule has 3 heterocycles. The van der Waals surface area contributed by atoms with E-state index < -0.39 is 79.5 Å². The van der Waals surface area contributed by atoms with E-state index in [1.165, 1.54) is 24.3 Å². The lowest BCUT2D eigenvalue weighted by Crippen LogP contribution is -2.34. The van der Waals surface area contributed by atoms with Crippen molar-refractivity contribution in [3.63, 3.8) is 0 Å². The number of hydrogen-bond donors (Lipinski definition) is 0. The fraction of sp³-hybridized carbons (Fsp3) is 0.156. The van der Waals surface area contributed by atoms with Gasteiger partial charge >= 0.3 is 0 Å². The lowest BCUT2D eigenvalue weighted by atomic mass is 9.81. The van der Waals surface area contributed by atoms with E-state index in [0.717, 1.165) is 33.2 Å². The number of para-hydroxylation sites is 1. The van der Waals surface area contributed by atoms with Crippen LogP contribution in [0.25, 0.3) is 83.4 Å². The molecule has 0 bridgehead atoms. The van der Waals surface area contributed by atoms with Crippen molar-refractivity contribution < 1.29 is 31.2 Å². The van der Waals surface area contributed by atoms with Crippen molar-refractivity contribution in [2.24, 2.45) is 0 Å². The number of rotatable bonds is 8. The number of fused-ring (bicyclic) bond motifs is 4. The maximum absolute atomic E-state index is 9.39. The zero-order valence-electron chi connectivity index (χ0n) is 54.9. The van der Waals surface area contributed by atoms with Gasteiger partial charge in [-0.2, -0.15) is 0 Å². The summed E-state index contributed by atoms with van der Waals surface area (Å²) in [5.74, 6) is 1.62. The minimum atomic E-state index is -2.75. The Bertz CT molecular complexity index is 4490. The second-order valence-electron chi connectivity index (χ2n) is 19.2. The molecule has 0 spiro atoms. The van der Waals surface area contributed by atoms with Crippen molar-refractivity contribution in [2.45, 2.75) is 66.1 Å². The normalized spacial score (nSPS) is 15.7. The van der Waals surface area contributed by atoms with E-state index in [1.54, 1.807) is 57.7 Å². The first-order chi connectivity index (χ1) is 39.9. The summed E-state index contributed by atoms with van der Waals surface area (Å²) in [4.78, 5) is 4.84. The van der Waals surface area contributed by atoms with Gasteiger partial charge in [0.1, 0.15) is 17.3 Å². The highest BCUT2D eigenvalue weighted by molar-refractivity contribution is 6.09. The summed E-state index contributed by atoms with van der Waals surface area (Å²) in [6, 6.07) is 31.5. The van der Waals surface area contributed by atoms with Crippen molar-refractivity contribution >= 4 is 32.8 Å². The van der Waals surface area contributed by atoms with E-state index in [0.29, 0.717) is 33.8 Å². The van der Waals surface area contributed by atoms with Crippen LogP contribution in [-0.2, 0) is 10.8 Å². The van der Waals surface area contributed by atoms with Gasteiger partial charge in [-0.15, -0.1) is 0 Å². The van der Waals surface area contributed by atoms with E-state index in [4.69, 9.17) is 28.9 Å². The Morgan fingerprint density at radius 2 is 1.29 bits per heavy atom. The van der Waals surface area contributed by atoms with Crippen LogP contribution in [0.4, 0.5) is 0 Å². The summed E-state index contributed by atoms with van der Waals surface area (Å²) in [6.07, 6.45) is 5.32. The van der Waals surface area contributed by atoms with Gasteiger partial charge in [0.15, 0.2) is 0 Å². The van der Waals surface area contributed by atoms with E-state index in [-0.39, 0.29) is 55.6 Å². The third-order valence-electron chi connectivity index (χ3n) is 12.5. The second-order valence-corrected chi connectivity index (χ2v) is 19.2. The number of hydrogen-bond acceptors (Lipinski definition) is 2. The quantitative estimate of drug-likeness (QED) is 0.112. The average molecular weight is 913 g/mol. The van der Waals surface area contributed by atoms with Crippen molar-refractivity contribution in [3.8, 4) is 62.1 Å². The molecule has 0 aliphatic rings. The van der Waals surface area contributed by atoms with Crippen LogP contribution in [0, 0.1) is 20.0 Å². The number of aryl methyl sites for hydroxylation is 2. The summed E-state index contributed by atoms with van der Waals surface area (Å²) in [7, 11) is 0. The molecule has 5 nitrogen and oxygen atoms in total. The summed E-state index contributed by atoms with van der Waals surface area (Å²) in [5.41, 5.74) is 3.23. The van der Waals surface area contributed by atoms with Crippen molar-refractivity contribution in [2.75, 3.05) is 0 Å². The molecule has 0 aliphatic carbocycles. The lowest BCUT2D eigenvalue weighted by Gasteiger charge is -2.27. The SMILES string of the molecule is [2H]c1c([2H])c([2H])c(-c2cc(-c3c([2H])c([2H])c([2H])c([2H])c3[2H])c(-[n+]3[c-]n(-c4cccc(Oc5ccc6c7ccccc7n(-c7cc(C(C)(C)C)ccn7)c6c5)c4)c4cc(-c5c(C([2H])([2H])[2H])cccc5C([2H])([2H])[2H])ccc43)c(C(C)(C)C)c2)c([2H])c1[2H]. The Morgan fingerprint density at radius 1 is 0.580 bits per heavy atom. The number of imidazole rings is 1. The Kier molecular flexibility index (Phi) is 7.12. The molecule has 0 amide bonds. The number of ether oxygens (including phenoxy) is 1. The van der Waals surface area contributed by atoms with Crippen LogP contribution in [0.3, 0.4) is 0 Å². The Hall–Kier alpha value is -8.02. The first-order valence-corrected chi connectivity index (χ1v) is 22.6. The molecule has 5 heteroatoms. The molecule has 0 atom stereocenters. The molecular formula is C64H56N4O. The van der Waals surface area contributed by atoms with E-state index in [2.05, 4.69) is 49.9 Å². The van der Waals surface area contributed by atoms with Gasteiger partial charge in [0.05, 0.1) is 47.1 Å². The van der Waals surface area contributed by atoms with E-state index >= 15 is 0 Å². The number of pyridine rings is 1. The molecule has 0 saturated carbocycles. The number of benzene rings is 8. The first-order valence-electron chi connectivity index (χ1n) is 30.6. The minimum Gasteiger partial charge on any atom is -0.458 e. The fourth-order valence-electron chi connectivity index (χ4n) is 9.14. The van der Waals surface area contributed by atoms with Gasteiger partial charge in [-0.1, -0.05) is 163 Å². The summed E-state index contributed by atoms with van der Waals surface area (Å²) in [6.45, 7) is 6.58. The van der Waals surface area contributed by atoms with Crippen molar-refractivity contribution in [3.05, 3.63) is 223 Å². The van der Waals surface area contributed by atoms with Crippen LogP contribution in [0.15, 0.2) is 194 Å². The smallest absolute Gasteiger partial charge is 0.269 e. The molecular weight excluding hydrogens is 841 g/mol. The first kappa shape index (κ1) is 29.0. The molecule has 338 valence electrons. The molecule has 8 aromatic carbocycles. The molecule has 11 rings (SSSR count). The van der Waals surface area contributed by atoms with Gasteiger partial charge in [-0.05, 0) is 141 Å². The molecule has 0 N–H and O–H groups in total. The van der Waals surface area contributed by atoms with Crippen molar-refractivity contribution in [1.82, 2.24) is 14.1 Å². The molecule has 69 heavy (non-hydrogen) atoms. The summed E-state index contributed by atoms with van der Waals surface area (Å²) >= 11 is 0. The predicted molar refractivity (Wildman–Crippen MR) is 285 cm³/mol. The lowest BCUT2D eigenvalue weighted by molar-refractivity contribution is -0.572. The fourth-order valence-corrected chi connectivity index (χ4v) is 9.14. The molecule has 0 saturated heterocycles. The average Bonchev–Trinajstić information content (AvgIpc) is 4.23. The van der Waals surface area contributed by atoms with E-state index in [9.17, 15) is 2.74 Å². The van der Waals surface area contributed by atoms with Gasteiger partial charge in [0, 0.05) is 31.3 Å². The van der Waals surface area contributed by atoms with Crippen LogP contribution in [0.5, 0.6) is 11.5 Å². The van der Waals surface area contributed by atoms with E-state index in [1.807, 2.05) is 63.4 Å². The zero-order valence-corrected chi connectivity index (χ0v) is 38.9. The summed E-state index contributed by atoms with van der Waals surface area (Å²) in [5, 5.41) is 2.01. The third-order valence-corrected chi connectivity index (χ3v) is 12.5.